The van der Waals surface area contributed by atoms with Gasteiger partial charge in [-0.2, -0.15) is 0 Å². The third kappa shape index (κ3) is 2.79. The van der Waals surface area contributed by atoms with Crippen molar-refractivity contribution in [2.45, 2.75) is 19.4 Å². The monoisotopic (exact) mass is 290 g/mol. The molecular formula is C16H19ClN2O. The lowest BCUT2D eigenvalue weighted by molar-refractivity contribution is -0.119. The molecule has 0 aliphatic carbocycles. The van der Waals surface area contributed by atoms with Crippen molar-refractivity contribution in [1.29, 1.82) is 0 Å². The van der Waals surface area contributed by atoms with Crippen LogP contribution in [0.5, 0.6) is 0 Å². The number of nitrogens with one attached hydrogen (secondary N) is 1. The van der Waals surface area contributed by atoms with E-state index < -0.39 is 0 Å². The number of carbonyl (C=O) groups excluding carboxylic acids is 1. The second-order valence-corrected chi connectivity index (χ2v) is 5.05. The summed E-state index contributed by atoms with van der Waals surface area (Å²) in [5.41, 5.74) is 0.999. The first-order valence-corrected chi connectivity index (χ1v) is 6.79. The molecule has 20 heavy (non-hydrogen) atoms. The molecule has 1 heterocycles. The van der Waals surface area contributed by atoms with Crippen molar-refractivity contribution in [3.63, 3.8) is 0 Å². The molecular weight excluding hydrogens is 272 g/mol. The molecule has 3 nitrogen and oxygen atoms in total. The minimum atomic E-state index is -0.103. The van der Waals surface area contributed by atoms with Crippen LogP contribution in [0.2, 0.25) is 0 Å². The van der Waals surface area contributed by atoms with Gasteiger partial charge in [-0.3, -0.25) is 4.79 Å². The van der Waals surface area contributed by atoms with Crippen LogP contribution in [0.25, 0.3) is 10.8 Å². The van der Waals surface area contributed by atoms with Crippen LogP contribution in [0.3, 0.4) is 0 Å². The second-order valence-electron chi connectivity index (χ2n) is 5.05. The number of amides is 1. The molecule has 1 saturated heterocycles. The van der Waals surface area contributed by atoms with Crippen molar-refractivity contribution in [2.24, 2.45) is 0 Å². The van der Waals surface area contributed by atoms with Crippen molar-refractivity contribution in [3.8, 4) is 0 Å². The fraction of sp³-hybridized carbons (Fsp3) is 0.312. The van der Waals surface area contributed by atoms with Gasteiger partial charge >= 0.3 is 0 Å². The van der Waals surface area contributed by atoms with E-state index in [1.54, 1.807) is 0 Å². The lowest BCUT2D eigenvalue weighted by Gasteiger charge is -2.23. The summed E-state index contributed by atoms with van der Waals surface area (Å²) in [6, 6.07) is 14.4. The fourth-order valence-corrected chi connectivity index (χ4v) is 2.59. The van der Waals surface area contributed by atoms with E-state index in [0.717, 1.165) is 25.2 Å². The Morgan fingerprint density at radius 1 is 1.15 bits per heavy atom. The summed E-state index contributed by atoms with van der Waals surface area (Å²) >= 11 is 0. The van der Waals surface area contributed by atoms with Gasteiger partial charge in [0.05, 0.1) is 6.04 Å². The Hall–Kier alpha value is -1.58. The number of benzene rings is 2. The molecule has 106 valence electrons. The van der Waals surface area contributed by atoms with Gasteiger partial charge in [0.1, 0.15) is 0 Å². The molecule has 1 aliphatic rings. The lowest BCUT2D eigenvalue weighted by Crippen LogP contribution is -2.41. The van der Waals surface area contributed by atoms with Gasteiger partial charge in [0.15, 0.2) is 0 Å². The van der Waals surface area contributed by atoms with E-state index in [4.69, 9.17) is 0 Å². The first-order chi connectivity index (χ1) is 9.25. The van der Waals surface area contributed by atoms with Gasteiger partial charge < -0.3 is 10.2 Å². The zero-order valence-electron chi connectivity index (χ0n) is 11.5. The Bertz CT molecular complexity index is 614. The van der Waals surface area contributed by atoms with Gasteiger partial charge in [0.25, 0.3) is 0 Å². The number of nitrogens with zero attached hydrogens (tertiary/aromatic N) is 1. The minimum absolute atomic E-state index is 0. The number of hydrogen-bond acceptors (Lipinski definition) is 2. The van der Waals surface area contributed by atoms with Gasteiger partial charge in [-0.15, -0.1) is 12.4 Å². The average molecular weight is 291 g/mol. The molecule has 3 rings (SSSR count). The lowest BCUT2D eigenvalue weighted by atomic mass is 10.1. The predicted octanol–water partition coefficient (Wildman–Crippen LogP) is 2.98. The van der Waals surface area contributed by atoms with Gasteiger partial charge in [-0.1, -0.05) is 30.3 Å². The highest BCUT2D eigenvalue weighted by atomic mass is 35.5. The summed E-state index contributed by atoms with van der Waals surface area (Å²) in [5, 5.41) is 5.63. The molecule has 0 bridgehead atoms. The molecule has 0 aromatic heterocycles. The van der Waals surface area contributed by atoms with Crippen LogP contribution >= 0.6 is 12.4 Å². The molecule has 0 radical (unpaired) electrons. The molecule has 1 N–H and O–H groups in total. The highest BCUT2D eigenvalue weighted by Crippen LogP contribution is 2.23. The first-order valence-electron chi connectivity index (χ1n) is 6.79. The third-order valence-electron chi connectivity index (χ3n) is 3.69. The van der Waals surface area contributed by atoms with Gasteiger partial charge in [-0.05, 0) is 42.8 Å². The molecule has 1 amide bonds. The number of rotatable bonds is 1. The summed E-state index contributed by atoms with van der Waals surface area (Å²) in [6.07, 6.45) is 0.989. The normalized spacial score (nSPS) is 19.6. The van der Waals surface area contributed by atoms with Crippen LogP contribution < -0.4 is 10.2 Å². The maximum atomic E-state index is 12.3. The highest BCUT2D eigenvalue weighted by Gasteiger charge is 2.24. The summed E-state index contributed by atoms with van der Waals surface area (Å²) in [4.78, 5) is 14.2. The third-order valence-corrected chi connectivity index (χ3v) is 3.69. The molecule has 1 fully saturated rings. The summed E-state index contributed by atoms with van der Waals surface area (Å²) in [6.45, 7) is 3.62. The van der Waals surface area contributed by atoms with Gasteiger partial charge in [-0.25, -0.2) is 0 Å². The Kier molecular flexibility index (Phi) is 4.63. The number of anilines is 1. The van der Waals surface area contributed by atoms with Gasteiger partial charge in [0.2, 0.25) is 5.91 Å². The van der Waals surface area contributed by atoms with E-state index in [1.165, 1.54) is 10.8 Å². The average Bonchev–Trinajstić information content (AvgIpc) is 2.61. The van der Waals surface area contributed by atoms with Crippen LogP contribution in [0.4, 0.5) is 5.69 Å². The van der Waals surface area contributed by atoms with Crippen molar-refractivity contribution in [1.82, 2.24) is 5.32 Å². The Morgan fingerprint density at radius 2 is 1.90 bits per heavy atom. The van der Waals surface area contributed by atoms with Crippen LogP contribution in [0.15, 0.2) is 42.5 Å². The SMILES string of the molecule is CC1NCCCN(c2ccc3ccccc3c2)C1=O.Cl. The van der Waals surface area contributed by atoms with Crippen molar-refractivity contribution in [3.05, 3.63) is 42.5 Å². The van der Waals surface area contributed by atoms with Crippen LogP contribution in [0, 0.1) is 0 Å². The van der Waals surface area contributed by atoms with Crippen LogP contribution in [0.1, 0.15) is 13.3 Å². The largest absolute Gasteiger partial charge is 0.311 e. The van der Waals surface area contributed by atoms with Gasteiger partial charge in [0, 0.05) is 12.2 Å². The molecule has 1 aliphatic heterocycles. The van der Waals surface area contributed by atoms with E-state index in [-0.39, 0.29) is 24.4 Å². The van der Waals surface area contributed by atoms with Crippen LogP contribution in [-0.2, 0) is 4.79 Å². The Morgan fingerprint density at radius 3 is 2.70 bits per heavy atom. The predicted molar refractivity (Wildman–Crippen MR) is 85.6 cm³/mol. The topological polar surface area (TPSA) is 32.3 Å². The highest BCUT2D eigenvalue weighted by molar-refractivity contribution is 5.99. The maximum absolute atomic E-state index is 12.3. The standard InChI is InChI=1S/C16H18N2O.ClH/c1-12-16(19)18(10-4-9-17-12)15-8-7-13-5-2-3-6-14(13)11-15;/h2-3,5-8,11-12,17H,4,9-10H2,1H3;1H. The molecule has 0 saturated carbocycles. The molecule has 1 unspecified atom stereocenters. The minimum Gasteiger partial charge on any atom is -0.311 e. The van der Waals surface area contributed by atoms with Crippen molar-refractivity contribution >= 4 is 34.8 Å². The fourth-order valence-electron chi connectivity index (χ4n) is 2.59. The van der Waals surface area contributed by atoms with E-state index in [2.05, 4.69) is 29.6 Å². The second kappa shape index (κ2) is 6.25. The summed E-state index contributed by atoms with van der Waals surface area (Å²) in [5.74, 6) is 0.160. The number of carbonyl (C=O) groups is 1. The van der Waals surface area contributed by atoms with Crippen molar-refractivity contribution in [2.75, 3.05) is 18.0 Å². The van der Waals surface area contributed by atoms with E-state index >= 15 is 0 Å². The molecule has 2 aromatic carbocycles. The van der Waals surface area contributed by atoms with Crippen LogP contribution in [-0.4, -0.2) is 25.0 Å². The number of halogens is 1. The maximum Gasteiger partial charge on any atom is 0.243 e. The van der Waals surface area contributed by atoms with Crippen molar-refractivity contribution < 1.29 is 4.79 Å². The molecule has 1 atom stereocenters. The van der Waals surface area contributed by atoms with E-state index in [9.17, 15) is 4.79 Å². The Balaban J connectivity index is 0.00000147. The number of hydrogen-bond donors (Lipinski definition) is 1. The molecule has 2 aromatic rings. The zero-order chi connectivity index (χ0) is 13.2. The zero-order valence-corrected chi connectivity index (χ0v) is 12.3. The quantitative estimate of drug-likeness (QED) is 0.876. The number of fused-ring (bicyclic) bond motifs is 1. The molecule has 0 spiro atoms. The Labute approximate surface area is 125 Å². The summed E-state index contributed by atoms with van der Waals surface area (Å²) in [7, 11) is 0. The first kappa shape index (κ1) is 14.8. The molecule has 4 heteroatoms. The summed E-state index contributed by atoms with van der Waals surface area (Å²) < 4.78 is 0. The van der Waals surface area contributed by atoms with E-state index in [0.29, 0.717) is 0 Å². The smallest absolute Gasteiger partial charge is 0.243 e. The van der Waals surface area contributed by atoms with E-state index in [1.807, 2.05) is 30.0 Å².